The van der Waals surface area contributed by atoms with Crippen LogP contribution in [0.25, 0.3) is 0 Å². The standard InChI is InChI=1S/C12H19NO6/c1-6-8(9(14)15)18-10(16)7(2)13-11(17)19-12(3,4)5/h6-7H,1-5H3,(H,13,17)(H,14,15)/b8-6-. The number of hydrogen-bond donors (Lipinski definition) is 2. The first-order valence-corrected chi connectivity index (χ1v) is 5.67. The minimum Gasteiger partial charge on any atom is -0.475 e. The van der Waals surface area contributed by atoms with Crippen molar-refractivity contribution < 1.29 is 29.0 Å². The smallest absolute Gasteiger partial charge is 0.408 e. The van der Waals surface area contributed by atoms with Crippen LogP contribution in [-0.2, 0) is 19.1 Å². The number of alkyl carbamates (subject to hydrolysis) is 1. The van der Waals surface area contributed by atoms with Crippen molar-refractivity contribution in [2.75, 3.05) is 0 Å². The molecule has 0 aromatic heterocycles. The molecule has 0 heterocycles. The Balaban J connectivity index is 4.44. The van der Waals surface area contributed by atoms with E-state index in [1.165, 1.54) is 13.8 Å². The fraction of sp³-hybridized carbons (Fsp3) is 0.583. The molecule has 0 aliphatic rings. The summed E-state index contributed by atoms with van der Waals surface area (Å²) in [4.78, 5) is 33.6. The van der Waals surface area contributed by atoms with Gasteiger partial charge in [-0.25, -0.2) is 14.4 Å². The van der Waals surface area contributed by atoms with E-state index in [2.05, 4.69) is 10.1 Å². The van der Waals surface area contributed by atoms with Crippen LogP contribution in [-0.4, -0.2) is 34.8 Å². The second-order valence-corrected chi connectivity index (χ2v) is 4.75. The minimum absolute atomic E-state index is 0.497. The Morgan fingerprint density at radius 3 is 2.16 bits per heavy atom. The maximum atomic E-state index is 11.5. The lowest BCUT2D eigenvalue weighted by molar-refractivity contribution is -0.149. The Kier molecular flexibility index (Phi) is 6.04. The molecule has 0 aromatic rings. The second kappa shape index (κ2) is 6.77. The van der Waals surface area contributed by atoms with Crippen LogP contribution in [0.5, 0.6) is 0 Å². The zero-order valence-electron chi connectivity index (χ0n) is 11.6. The Morgan fingerprint density at radius 1 is 1.26 bits per heavy atom. The third-order valence-corrected chi connectivity index (χ3v) is 1.77. The summed E-state index contributed by atoms with van der Waals surface area (Å²) in [6.07, 6.45) is 0.356. The van der Waals surface area contributed by atoms with E-state index in [0.29, 0.717) is 0 Å². The number of allylic oxidation sites excluding steroid dienone is 1. The predicted octanol–water partition coefficient (Wildman–Crippen LogP) is 1.43. The molecule has 0 bridgehead atoms. The van der Waals surface area contributed by atoms with Crippen molar-refractivity contribution >= 4 is 18.0 Å². The fourth-order valence-electron chi connectivity index (χ4n) is 0.966. The van der Waals surface area contributed by atoms with E-state index >= 15 is 0 Å². The molecule has 0 aromatic carbocycles. The third kappa shape index (κ3) is 7.07. The molecule has 0 aliphatic heterocycles. The topological polar surface area (TPSA) is 102 Å². The maximum absolute atomic E-state index is 11.5. The monoisotopic (exact) mass is 273 g/mol. The van der Waals surface area contributed by atoms with E-state index in [1.807, 2.05) is 0 Å². The number of amides is 1. The molecule has 0 aliphatic carbocycles. The van der Waals surface area contributed by atoms with Crippen LogP contribution in [0, 0.1) is 0 Å². The molecule has 0 radical (unpaired) electrons. The molecule has 1 unspecified atom stereocenters. The number of carboxylic acids is 1. The van der Waals surface area contributed by atoms with Crippen molar-refractivity contribution in [3.63, 3.8) is 0 Å². The van der Waals surface area contributed by atoms with Crippen molar-refractivity contribution in [3.8, 4) is 0 Å². The lowest BCUT2D eigenvalue weighted by Crippen LogP contribution is -2.42. The van der Waals surface area contributed by atoms with Crippen LogP contribution >= 0.6 is 0 Å². The average molecular weight is 273 g/mol. The van der Waals surface area contributed by atoms with E-state index in [1.54, 1.807) is 20.8 Å². The Labute approximate surface area is 111 Å². The van der Waals surface area contributed by atoms with Gasteiger partial charge in [0, 0.05) is 0 Å². The molecule has 7 nitrogen and oxygen atoms in total. The van der Waals surface area contributed by atoms with E-state index in [-0.39, 0.29) is 0 Å². The zero-order valence-corrected chi connectivity index (χ0v) is 11.6. The van der Waals surface area contributed by atoms with Gasteiger partial charge >= 0.3 is 18.0 Å². The van der Waals surface area contributed by atoms with Crippen LogP contribution in [0.15, 0.2) is 11.8 Å². The summed E-state index contributed by atoms with van der Waals surface area (Å²) < 4.78 is 9.55. The largest absolute Gasteiger partial charge is 0.475 e. The van der Waals surface area contributed by atoms with Gasteiger partial charge in [-0.1, -0.05) is 0 Å². The molecule has 108 valence electrons. The van der Waals surface area contributed by atoms with Gasteiger partial charge in [0.25, 0.3) is 0 Å². The SMILES string of the molecule is C/C=C(\OC(=O)C(C)NC(=O)OC(C)(C)C)C(=O)O. The molecule has 1 amide bonds. The van der Waals surface area contributed by atoms with Crippen molar-refractivity contribution in [2.45, 2.75) is 46.3 Å². The minimum atomic E-state index is -1.36. The van der Waals surface area contributed by atoms with Gasteiger partial charge in [-0.2, -0.15) is 0 Å². The first kappa shape index (κ1) is 16.9. The summed E-state index contributed by atoms with van der Waals surface area (Å²) in [5.74, 6) is -2.75. The summed E-state index contributed by atoms with van der Waals surface area (Å²) in [5.41, 5.74) is -0.691. The second-order valence-electron chi connectivity index (χ2n) is 4.75. The van der Waals surface area contributed by atoms with E-state index in [0.717, 1.165) is 6.08 Å². The first-order valence-electron chi connectivity index (χ1n) is 5.67. The van der Waals surface area contributed by atoms with Gasteiger partial charge in [0.05, 0.1) is 0 Å². The highest BCUT2D eigenvalue weighted by molar-refractivity contribution is 5.90. The van der Waals surface area contributed by atoms with Crippen molar-refractivity contribution in [1.82, 2.24) is 5.32 Å². The molecule has 19 heavy (non-hydrogen) atoms. The molecular formula is C12H19NO6. The number of nitrogens with one attached hydrogen (secondary N) is 1. The first-order chi connectivity index (χ1) is 8.56. The molecule has 1 atom stereocenters. The van der Waals surface area contributed by atoms with E-state index < -0.39 is 35.4 Å². The summed E-state index contributed by atoms with van der Waals surface area (Å²) in [7, 11) is 0. The molecule has 0 fully saturated rings. The van der Waals surface area contributed by atoms with Crippen LogP contribution in [0.3, 0.4) is 0 Å². The van der Waals surface area contributed by atoms with Gasteiger partial charge in [0.2, 0.25) is 5.76 Å². The molecule has 2 N–H and O–H groups in total. The Hall–Kier alpha value is -2.05. The summed E-state index contributed by atoms with van der Waals surface area (Å²) in [5, 5.41) is 10.9. The van der Waals surface area contributed by atoms with Gasteiger partial charge in [-0.3, -0.25) is 0 Å². The van der Waals surface area contributed by atoms with Crippen LogP contribution in [0.4, 0.5) is 4.79 Å². The maximum Gasteiger partial charge on any atom is 0.408 e. The lowest BCUT2D eigenvalue weighted by Gasteiger charge is -2.21. The summed E-state index contributed by atoms with van der Waals surface area (Å²) in [6, 6.07) is -1.02. The number of carbonyl (C=O) groups excluding carboxylic acids is 2. The lowest BCUT2D eigenvalue weighted by atomic mass is 10.2. The highest BCUT2D eigenvalue weighted by atomic mass is 16.6. The summed E-state index contributed by atoms with van der Waals surface area (Å²) >= 11 is 0. The van der Waals surface area contributed by atoms with Gasteiger partial charge in [-0.05, 0) is 40.7 Å². The molecular weight excluding hydrogens is 254 g/mol. The fourth-order valence-corrected chi connectivity index (χ4v) is 0.966. The number of carboxylic acid groups (broad SMARTS) is 1. The number of rotatable bonds is 4. The highest BCUT2D eigenvalue weighted by Gasteiger charge is 2.23. The Bertz CT molecular complexity index is 394. The van der Waals surface area contributed by atoms with Gasteiger partial charge < -0.3 is 19.9 Å². The average Bonchev–Trinajstić information content (AvgIpc) is 2.21. The molecule has 0 saturated carbocycles. The Morgan fingerprint density at radius 2 is 1.79 bits per heavy atom. The molecule has 0 spiro atoms. The highest BCUT2D eigenvalue weighted by Crippen LogP contribution is 2.07. The molecule has 0 saturated heterocycles. The number of hydrogen-bond acceptors (Lipinski definition) is 5. The predicted molar refractivity (Wildman–Crippen MR) is 66.3 cm³/mol. The zero-order chi connectivity index (χ0) is 15.2. The number of ether oxygens (including phenoxy) is 2. The number of aliphatic carboxylic acids is 1. The van der Waals surface area contributed by atoms with E-state index in [9.17, 15) is 14.4 Å². The number of esters is 1. The molecule has 7 heteroatoms. The quantitative estimate of drug-likeness (QED) is 0.456. The third-order valence-electron chi connectivity index (χ3n) is 1.77. The van der Waals surface area contributed by atoms with Crippen molar-refractivity contribution in [1.29, 1.82) is 0 Å². The number of carbonyl (C=O) groups is 3. The van der Waals surface area contributed by atoms with Crippen LogP contribution in [0.2, 0.25) is 0 Å². The van der Waals surface area contributed by atoms with Gasteiger partial charge in [0.1, 0.15) is 11.6 Å². The van der Waals surface area contributed by atoms with Gasteiger partial charge in [0.15, 0.2) is 0 Å². The normalized spacial score (nSPS) is 13.4. The van der Waals surface area contributed by atoms with E-state index in [4.69, 9.17) is 9.84 Å². The molecule has 0 rings (SSSR count). The van der Waals surface area contributed by atoms with Crippen LogP contribution < -0.4 is 5.32 Å². The summed E-state index contributed by atoms with van der Waals surface area (Å²) in [6.45, 7) is 7.82. The van der Waals surface area contributed by atoms with Crippen LogP contribution in [0.1, 0.15) is 34.6 Å². The van der Waals surface area contributed by atoms with Crippen molar-refractivity contribution in [2.24, 2.45) is 0 Å². The van der Waals surface area contributed by atoms with Crippen molar-refractivity contribution in [3.05, 3.63) is 11.8 Å². The van der Waals surface area contributed by atoms with Gasteiger partial charge in [-0.15, -0.1) is 0 Å².